The van der Waals surface area contributed by atoms with E-state index < -0.39 is 0 Å². The smallest absolute Gasteiger partial charge is 0.410 e. The highest BCUT2D eigenvalue weighted by Gasteiger charge is 2.25. The van der Waals surface area contributed by atoms with Gasteiger partial charge in [0.05, 0.1) is 0 Å². The minimum absolute atomic E-state index is 0.148. The number of benzene rings is 1. The maximum atomic E-state index is 12.5. The molecule has 1 aliphatic heterocycles. The maximum Gasteiger partial charge on any atom is 0.410 e. The Labute approximate surface area is 145 Å². The van der Waals surface area contributed by atoms with Crippen molar-refractivity contribution in [3.8, 4) is 0 Å². The van der Waals surface area contributed by atoms with E-state index >= 15 is 0 Å². The Bertz CT molecular complexity index is 485. The van der Waals surface area contributed by atoms with Gasteiger partial charge >= 0.3 is 6.09 Å². The van der Waals surface area contributed by atoms with Crippen molar-refractivity contribution in [2.45, 2.75) is 39.3 Å². The van der Waals surface area contributed by atoms with E-state index in [9.17, 15) is 4.79 Å². The molecule has 1 saturated heterocycles. The quantitative estimate of drug-likeness (QED) is 0.833. The van der Waals surface area contributed by atoms with Crippen molar-refractivity contribution in [2.24, 2.45) is 11.7 Å². The summed E-state index contributed by atoms with van der Waals surface area (Å²) in [5.74, 6) is 0.547. The summed E-state index contributed by atoms with van der Waals surface area (Å²) in [6.07, 6.45) is 2.03. The van der Waals surface area contributed by atoms with Crippen LogP contribution < -0.4 is 5.73 Å². The van der Waals surface area contributed by atoms with Crippen molar-refractivity contribution in [1.29, 1.82) is 0 Å². The molecule has 5 nitrogen and oxygen atoms in total. The lowest BCUT2D eigenvalue weighted by Gasteiger charge is -2.35. The summed E-state index contributed by atoms with van der Waals surface area (Å²) in [4.78, 5) is 16.7. The zero-order valence-electron chi connectivity index (χ0n) is 15.0. The number of hydrogen-bond donors (Lipinski definition) is 1. The van der Waals surface area contributed by atoms with Gasteiger partial charge < -0.3 is 20.3 Å². The molecule has 0 unspecified atom stereocenters. The summed E-state index contributed by atoms with van der Waals surface area (Å²) in [5.41, 5.74) is 6.64. The standard InChI is InChI=1S/C19H31N3O2/c1-16(2)22(14-17-8-11-21(12-9-17)13-10-20)19(23)24-15-18-6-4-3-5-7-18/h3-7,16-17H,8-15,20H2,1-2H3. The van der Waals surface area contributed by atoms with Gasteiger partial charge in [-0.2, -0.15) is 0 Å². The number of amides is 1. The molecular weight excluding hydrogens is 302 g/mol. The second-order valence-corrected chi connectivity index (χ2v) is 6.86. The zero-order chi connectivity index (χ0) is 17.4. The molecule has 0 atom stereocenters. The highest BCUT2D eigenvalue weighted by Crippen LogP contribution is 2.20. The lowest BCUT2D eigenvalue weighted by Crippen LogP contribution is -2.44. The first-order valence-electron chi connectivity index (χ1n) is 9.00. The lowest BCUT2D eigenvalue weighted by atomic mass is 9.96. The van der Waals surface area contributed by atoms with Crippen LogP contribution in [-0.4, -0.2) is 54.7 Å². The Kier molecular flexibility index (Phi) is 7.53. The summed E-state index contributed by atoms with van der Waals surface area (Å²) in [5, 5.41) is 0. The zero-order valence-corrected chi connectivity index (χ0v) is 15.0. The molecule has 24 heavy (non-hydrogen) atoms. The molecule has 0 saturated carbocycles. The first-order chi connectivity index (χ1) is 11.6. The predicted molar refractivity (Wildman–Crippen MR) is 96.7 cm³/mol. The molecule has 0 spiro atoms. The highest BCUT2D eigenvalue weighted by molar-refractivity contribution is 5.68. The molecule has 0 aliphatic carbocycles. The van der Waals surface area contributed by atoms with Crippen molar-refractivity contribution in [2.75, 3.05) is 32.7 Å². The summed E-state index contributed by atoms with van der Waals surface area (Å²) >= 11 is 0. The third kappa shape index (κ3) is 5.80. The van der Waals surface area contributed by atoms with Gasteiger partial charge in [-0.05, 0) is 51.3 Å². The van der Waals surface area contributed by atoms with Gasteiger partial charge in [0, 0.05) is 25.7 Å². The van der Waals surface area contributed by atoms with Crippen molar-refractivity contribution in [3.63, 3.8) is 0 Å². The number of rotatable bonds is 7. The van der Waals surface area contributed by atoms with E-state index in [1.807, 2.05) is 49.1 Å². The number of hydrogen-bond acceptors (Lipinski definition) is 4. The third-order valence-corrected chi connectivity index (χ3v) is 4.67. The Morgan fingerprint density at radius 1 is 1.29 bits per heavy atom. The van der Waals surface area contributed by atoms with Gasteiger partial charge in [-0.25, -0.2) is 4.79 Å². The fraction of sp³-hybridized carbons (Fsp3) is 0.632. The number of nitrogens with zero attached hydrogens (tertiary/aromatic N) is 2. The Balaban J connectivity index is 1.82. The SMILES string of the molecule is CC(C)N(CC1CCN(CCN)CC1)C(=O)OCc1ccccc1. The minimum Gasteiger partial charge on any atom is -0.445 e. The monoisotopic (exact) mass is 333 g/mol. The van der Waals surface area contributed by atoms with Crippen molar-refractivity contribution in [1.82, 2.24) is 9.80 Å². The summed E-state index contributed by atoms with van der Waals surface area (Å²) in [7, 11) is 0. The van der Waals surface area contributed by atoms with E-state index in [1.54, 1.807) is 0 Å². The number of likely N-dealkylation sites (tertiary alicyclic amines) is 1. The largest absolute Gasteiger partial charge is 0.445 e. The van der Waals surface area contributed by atoms with Crippen LogP contribution in [0.1, 0.15) is 32.3 Å². The molecule has 1 heterocycles. The molecule has 1 aromatic carbocycles. The first-order valence-corrected chi connectivity index (χ1v) is 9.00. The second-order valence-electron chi connectivity index (χ2n) is 6.86. The molecule has 1 fully saturated rings. The van der Waals surface area contributed by atoms with Gasteiger partial charge in [0.15, 0.2) is 0 Å². The second kappa shape index (κ2) is 9.64. The number of piperidine rings is 1. The molecule has 0 radical (unpaired) electrons. The third-order valence-electron chi connectivity index (χ3n) is 4.67. The highest BCUT2D eigenvalue weighted by atomic mass is 16.6. The fourth-order valence-electron chi connectivity index (χ4n) is 3.15. The van der Waals surface area contributed by atoms with Crippen LogP contribution in [0.3, 0.4) is 0 Å². The molecule has 0 bridgehead atoms. The van der Waals surface area contributed by atoms with Crippen LogP contribution in [0.5, 0.6) is 0 Å². The van der Waals surface area contributed by atoms with Crippen molar-refractivity contribution in [3.05, 3.63) is 35.9 Å². The van der Waals surface area contributed by atoms with Crippen LogP contribution in [-0.2, 0) is 11.3 Å². The van der Waals surface area contributed by atoms with Gasteiger partial charge in [0.1, 0.15) is 6.61 Å². The Morgan fingerprint density at radius 3 is 2.54 bits per heavy atom. The van der Waals surface area contributed by atoms with Crippen molar-refractivity contribution >= 4 is 6.09 Å². The van der Waals surface area contributed by atoms with E-state index in [0.29, 0.717) is 19.1 Å². The van der Waals surface area contributed by atoms with Crippen LogP contribution in [0, 0.1) is 5.92 Å². The maximum absolute atomic E-state index is 12.5. The van der Waals surface area contributed by atoms with E-state index in [0.717, 1.165) is 44.6 Å². The summed E-state index contributed by atoms with van der Waals surface area (Å²) in [6.45, 7) is 9.05. The lowest BCUT2D eigenvalue weighted by molar-refractivity contribution is 0.0704. The molecule has 2 N–H and O–H groups in total. The first kappa shape index (κ1) is 18.7. The van der Waals surface area contributed by atoms with Gasteiger partial charge in [0.25, 0.3) is 0 Å². The minimum atomic E-state index is -0.210. The molecule has 134 valence electrons. The Morgan fingerprint density at radius 2 is 1.96 bits per heavy atom. The van der Waals surface area contributed by atoms with E-state index in [-0.39, 0.29) is 12.1 Å². The van der Waals surface area contributed by atoms with Gasteiger partial charge in [0.2, 0.25) is 0 Å². The number of nitrogens with two attached hydrogens (primary N) is 1. The van der Waals surface area contributed by atoms with Crippen LogP contribution in [0.15, 0.2) is 30.3 Å². The molecule has 5 heteroatoms. The normalized spacial score (nSPS) is 16.3. The molecule has 1 aliphatic rings. The number of carbonyl (C=O) groups excluding carboxylic acids is 1. The molecule has 2 rings (SSSR count). The van der Waals surface area contributed by atoms with Crippen LogP contribution in [0.25, 0.3) is 0 Å². The molecular formula is C19H31N3O2. The van der Waals surface area contributed by atoms with E-state index in [2.05, 4.69) is 4.90 Å². The molecule has 0 aromatic heterocycles. The van der Waals surface area contributed by atoms with Crippen LogP contribution in [0.2, 0.25) is 0 Å². The average Bonchev–Trinajstić information content (AvgIpc) is 2.60. The van der Waals surface area contributed by atoms with Gasteiger partial charge in [-0.15, -0.1) is 0 Å². The number of ether oxygens (including phenoxy) is 1. The summed E-state index contributed by atoms with van der Waals surface area (Å²) in [6, 6.07) is 9.97. The topological polar surface area (TPSA) is 58.8 Å². The molecule has 1 amide bonds. The van der Waals surface area contributed by atoms with E-state index in [4.69, 9.17) is 10.5 Å². The summed E-state index contributed by atoms with van der Waals surface area (Å²) < 4.78 is 5.51. The van der Waals surface area contributed by atoms with Crippen LogP contribution in [0.4, 0.5) is 4.79 Å². The van der Waals surface area contributed by atoms with Gasteiger partial charge in [-0.1, -0.05) is 30.3 Å². The Hall–Kier alpha value is -1.59. The van der Waals surface area contributed by atoms with Crippen LogP contribution >= 0.6 is 0 Å². The molecule has 1 aromatic rings. The predicted octanol–water partition coefficient (Wildman–Crippen LogP) is 2.70. The van der Waals surface area contributed by atoms with Crippen molar-refractivity contribution < 1.29 is 9.53 Å². The number of carbonyl (C=O) groups is 1. The fourth-order valence-corrected chi connectivity index (χ4v) is 3.15. The average molecular weight is 333 g/mol. The van der Waals surface area contributed by atoms with Gasteiger partial charge in [-0.3, -0.25) is 0 Å². The van der Waals surface area contributed by atoms with E-state index in [1.165, 1.54) is 0 Å².